The van der Waals surface area contributed by atoms with Gasteiger partial charge in [0.25, 0.3) is 11.8 Å². The van der Waals surface area contributed by atoms with Crippen LogP contribution in [0.15, 0.2) is 12.1 Å². The Morgan fingerprint density at radius 2 is 1.17 bits per heavy atom. The minimum atomic E-state index is -0.0304. The number of amides is 2. The third-order valence-electron chi connectivity index (χ3n) is 6.98. The first-order valence-corrected chi connectivity index (χ1v) is 12.4. The number of rotatable bonds is 10. The van der Waals surface area contributed by atoms with Crippen molar-refractivity contribution in [2.24, 2.45) is 14.1 Å². The molecule has 10 heteroatoms. The van der Waals surface area contributed by atoms with Crippen molar-refractivity contribution in [2.45, 2.75) is 25.9 Å². The molecule has 0 unspecified atom stereocenters. The Kier molecular flexibility index (Phi) is 7.42. The van der Waals surface area contributed by atoms with E-state index in [2.05, 4.69) is 30.2 Å². The summed E-state index contributed by atoms with van der Waals surface area (Å²) in [6.45, 7) is 5.38. The molecule has 0 saturated carbocycles. The maximum atomic E-state index is 12.9. The van der Waals surface area contributed by atoms with Gasteiger partial charge in [-0.15, -0.1) is 0 Å². The second-order valence-electron chi connectivity index (χ2n) is 10.2. The summed E-state index contributed by atoms with van der Waals surface area (Å²) in [6, 6.07) is 4.03. The van der Waals surface area contributed by atoms with Crippen LogP contribution in [0, 0.1) is 0 Å². The third kappa shape index (κ3) is 5.18. The molecule has 0 aliphatic carbocycles. The van der Waals surface area contributed by atoms with E-state index in [1.165, 1.54) is 0 Å². The Balaban J connectivity index is 1.46. The lowest BCUT2D eigenvalue weighted by Crippen LogP contribution is -2.46. The zero-order valence-corrected chi connectivity index (χ0v) is 22.0. The molecule has 4 heterocycles. The predicted octanol–water partition coefficient (Wildman–Crippen LogP) is 1.02. The quantitative estimate of drug-likeness (QED) is 0.491. The van der Waals surface area contributed by atoms with Crippen molar-refractivity contribution >= 4 is 23.2 Å². The normalized spacial score (nSPS) is 14.4. The summed E-state index contributed by atoms with van der Waals surface area (Å²) in [4.78, 5) is 34.6. The van der Waals surface area contributed by atoms with E-state index >= 15 is 0 Å². The number of fused-ring (bicyclic) bond motifs is 6. The summed E-state index contributed by atoms with van der Waals surface area (Å²) in [5.41, 5.74) is 5.83. The van der Waals surface area contributed by atoms with E-state index < -0.39 is 0 Å². The number of nitrogens with one attached hydrogen (secondary N) is 2. The molecule has 10 nitrogen and oxygen atoms in total. The smallest absolute Gasteiger partial charge is 0.267 e. The largest absolute Gasteiger partial charge is 0.351 e. The van der Waals surface area contributed by atoms with Crippen molar-refractivity contribution in [1.82, 2.24) is 29.6 Å². The van der Waals surface area contributed by atoms with E-state index in [-0.39, 0.29) is 11.8 Å². The van der Waals surface area contributed by atoms with Crippen molar-refractivity contribution in [2.75, 3.05) is 70.8 Å². The molecule has 2 aromatic rings. The molecule has 0 radical (unpaired) electrons. The molecule has 0 fully saturated rings. The molecule has 4 rings (SSSR count). The molecule has 2 N–H and O–H groups in total. The molecule has 0 aromatic carbocycles. The maximum absolute atomic E-state index is 12.9. The van der Waals surface area contributed by atoms with Gasteiger partial charge >= 0.3 is 0 Å². The van der Waals surface area contributed by atoms with Crippen molar-refractivity contribution in [3.8, 4) is 0 Å². The topological polar surface area (TPSA) is 81.0 Å². The van der Waals surface area contributed by atoms with E-state index in [1.54, 1.807) is 0 Å². The van der Waals surface area contributed by atoms with Crippen LogP contribution >= 0.6 is 0 Å². The van der Waals surface area contributed by atoms with Gasteiger partial charge in [-0.2, -0.15) is 0 Å². The molecule has 0 spiro atoms. The van der Waals surface area contributed by atoms with E-state index in [0.717, 1.165) is 55.4 Å². The molecular weight excluding hydrogens is 444 g/mol. The number of anilines is 2. The van der Waals surface area contributed by atoms with Crippen LogP contribution in [0.5, 0.6) is 0 Å². The average molecular weight is 485 g/mol. The van der Waals surface area contributed by atoms with E-state index in [0.29, 0.717) is 37.6 Å². The molecule has 35 heavy (non-hydrogen) atoms. The summed E-state index contributed by atoms with van der Waals surface area (Å²) in [6.07, 6.45) is 1.84. The van der Waals surface area contributed by atoms with Crippen molar-refractivity contribution in [3.05, 3.63) is 34.9 Å². The first kappa shape index (κ1) is 25.1. The summed E-state index contributed by atoms with van der Waals surface area (Å²) in [7, 11) is 12.1. The highest BCUT2D eigenvalue weighted by Crippen LogP contribution is 2.40. The molecule has 2 bridgehead atoms. The molecular formula is C25H40N8O2. The number of carbonyl (C=O) groups excluding carboxylic acids is 2. The first-order valence-electron chi connectivity index (χ1n) is 12.4. The number of nitrogens with zero attached hydrogens (tertiary/aromatic N) is 6. The number of carbonyl (C=O) groups is 2. The zero-order valence-electron chi connectivity index (χ0n) is 22.0. The monoisotopic (exact) mass is 484 g/mol. The van der Waals surface area contributed by atoms with E-state index in [1.807, 2.05) is 63.6 Å². The second-order valence-corrected chi connectivity index (χ2v) is 10.2. The molecule has 2 aliphatic rings. The van der Waals surface area contributed by atoms with Crippen LogP contribution in [0.2, 0.25) is 0 Å². The Morgan fingerprint density at radius 1 is 0.771 bits per heavy atom. The highest BCUT2D eigenvalue weighted by atomic mass is 16.2. The van der Waals surface area contributed by atoms with Gasteiger partial charge in [0.15, 0.2) is 0 Å². The van der Waals surface area contributed by atoms with Gasteiger partial charge in [0, 0.05) is 27.2 Å². The van der Waals surface area contributed by atoms with Gasteiger partial charge in [-0.25, -0.2) is 0 Å². The average Bonchev–Trinajstić information content (AvgIpc) is 3.32. The van der Waals surface area contributed by atoms with Crippen LogP contribution < -0.4 is 20.4 Å². The lowest BCUT2D eigenvalue weighted by molar-refractivity contribution is 0.0935. The minimum Gasteiger partial charge on any atom is -0.351 e. The van der Waals surface area contributed by atoms with Gasteiger partial charge in [-0.3, -0.25) is 9.59 Å². The second kappa shape index (κ2) is 10.3. The van der Waals surface area contributed by atoms with Gasteiger partial charge < -0.3 is 39.4 Å². The summed E-state index contributed by atoms with van der Waals surface area (Å²) < 4.78 is 4.03. The highest BCUT2D eigenvalue weighted by Gasteiger charge is 2.35. The fourth-order valence-corrected chi connectivity index (χ4v) is 4.98. The lowest BCUT2D eigenvalue weighted by atomic mass is 10.1. The minimum absolute atomic E-state index is 0.0304. The van der Waals surface area contributed by atoms with Gasteiger partial charge in [0.05, 0.1) is 42.5 Å². The third-order valence-corrected chi connectivity index (χ3v) is 6.98. The van der Waals surface area contributed by atoms with Gasteiger partial charge in [-0.1, -0.05) is 0 Å². The van der Waals surface area contributed by atoms with Gasteiger partial charge in [0.1, 0.15) is 11.4 Å². The van der Waals surface area contributed by atoms with Gasteiger partial charge in [-0.05, 0) is 66.3 Å². The summed E-state index contributed by atoms with van der Waals surface area (Å²) in [5, 5.41) is 6.12. The fourth-order valence-electron chi connectivity index (χ4n) is 4.98. The fraction of sp³-hybridized carbons (Fsp3) is 0.600. The maximum Gasteiger partial charge on any atom is 0.267 e. The Labute approximate surface area is 208 Å². The SMILES string of the molecule is CN(C)CCCNC(=O)c1cc2c(n1C)CN1CN2Cc2c1cc(C(=O)NCCCN(C)C)n2C. The molecule has 2 aromatic heterocycles. The van der Waals surface area contributed by atoms with Crippen molar-refractivity contribution < 1.29 is 9.59 Å². The predicted molar refractivity (Wildman–Crippen MR) is 139 cm³/mol. The van der Waals surface area contributed by atoms with E-state index in [9.17, 15) is 9.59 Å². The Bertz CT molecular complexity index is 1000. The van der Waals surface area contributed by atoms with Crippen LogP contribution in [0.4, 0.5) is 11.4 Å². The number of aromatic nitrogens is 2. The molecule has 2 amide bonds. The first-order chi connectivity index (χ1) is 16.7. The lowest BCUT2D eigenvalue weighted by Gasteiger charge is -2.42. The highest BCUT2D eigenvalue weighted by molar-refractivity contribution is 5.96. The Hall–Kier alpha value is -2.98. The summed E-state index contributed by atoms with van der Waals surface area (Å²) >= 11 is 0. The van der Waals surface area contributed by atoms with Crippen LogP contribution in [-0.4, -0.2) is 91.8 Å². The number of hydrogen-bond donors (Lipinski definition) is 2. The van der Waals surface area contributed by atoms with E-state index in [4.69, 9.17) is 0 Å². The van der Waals surface area contributed by atoms with Crippen LogP contribution in [0.25, 0.3) is 0 Å². The summed E-state index contributed by atoms with van der Waals surface area (Å²) in [5.74, 6) is -0.0608. The molecule has 2 aliphatic heterocycles. The molecule has 0 atom stereocenters. The molecule has 192 valence electrons. The Morgan fingerprint density at radius 3 is 1.54 bits per heavy atom. The van der Waals surface area contributed by atoms with Crippen LogP contribution in [-0.2, 0) is 27.2 Å². The van der Waals surface area contributed by atoms with Crippen molar-refractivity contribution in [3.63, 3.8) is 0 Å². The standard InChI is InChI=1S/C25H40N8O2/c1-28(2)11-7-9-26-24(34)20-13-18-22(30(20)5)15-33-17-32(18)16-23-19(33)14-21(31(23)6)25(35)27-10-8-12-29(3)4/h13-14H,7-12,15-17H2,1-6H3,(H,26,34)(H,27,35). The van der Waals surface area contributed by atoms with Crippen LogP contribution in [0.1, 0.15) is 45.2 Å². The number of hydrogen-bond acceptors (Lipinski definition) is 6. The van der Waals surface area contributed by atoms with Gasteiger partial charge in [0.2, 0.25) is 0 Å². The van der Waals surface area contributed by atoms with Crippen molar-refractivity contribution in [1.29, 1.82) is 0 Å². The van der Waals surface area contributed by atoms with Crippen LogP contribution in [0.3, 0.4) is 0 Å². The molecule has 0 saturated heterocycles. The zero-order chi connectivity index (χ0) is 25.3.